The minimum Gasteiger partial charge on any atom is -0.510 e. The first-order chi connectivity index (χ1) is 54.6. The third-order valence-electron chi connectivity index (χ3n) is 23.5. The van der Waals surface area contributed by atoms with E-state index in [-0.39, 0.29) is 77.5 Å². The largest absolute Gasteiger partial charge is 0.510 e. The summed E-state index contributed by atoms with van der Waals surface area (Å²) in [5.74, 6) is 0. The maximum atomic E-state index is 4.94. The van der Waals surface area contributed by atoms with Crippen LogP contribution in [0.3, 0.4) is 0 Å². The monoisotopic (exact) mass is 1760 g/mol. The number of aromatic nitrogens is 6. The number of pyridine rings is 3. The standard InChI is InChI=1S/C36H37N4.C32H27N4.C31H25N4.3Pd/c1-4-6-20-36(21-7-5-2,35-17-10-11-22-37-35)28-13-12-14-30(25-28)40-33-16-9-8-15-31(33)32-19-18-29(26-34(32)40)39-24-23-38(3)27-39;1-34-19-20-35(23-34)25-14-15-28-27-11-2-3-12-29(27)36(30(28)22-25)26-10-8-9-24(21-26)32(16-5-6-17-32)31-13-4-7-18-33-31;1-33-18-19-34(22-33)24-13-14-27-26-10-2-3-11-28(26)35(29(27)21-24)25-9-6-8-23(20-25)31(15-7-16-31)30-12-4-5-17-32-30;;;/h8-19,22-24,27H,4-7,20-21H2,1-3H3;2-4,7-15,18-20,23H,5-6,16-17H2,1H3;2-6,8-14,17-19,22H,7,15-16H2,1H3;;;/q3*-3;;;. The number of anilines is 3. The van der Waals surface area contributed by atoms with Crippen LogP contribution in [-0.2, 0) is 77.5 Å². The van der Waals surface area contributed by atoms with Gasteiger partial charge in [-0.05, 0) is 168 Å². The summed E-state index contributed by atoms with van der Waals surface area (Å²) in [7, 11) is 6.11. The Kier molecular flexibility index (Phi) is 23.7. The second-order valence-electron chi connectivity index (χ2n) is 30.3. The molecule has 9 heterocycles. The Bertz CT molecular complexity index is 5970. The van der Waals surface area contributed by atoms with Crippen molar-refractivity contribution in [3.63, 3.8) is 0 Å². The molecule has 0 bridgehead atoms. The van der Waals surface area contributed by atoms with Gasteiger partial charge in [-0.25, -0.2) is 0 Å². The Hall–Kier alpha value is -10.2. The Balaban J connectivity index is 0.000000133. The molecule has 0 atom stereocenters. The molecule has 0 saturated heterocycles. The van der Waals surface area contributed by atoms with Gasteiger partial charge in [0.05, 0.1) is 0 Å². The summed E-state index contributed by atoms with van der Waals surface area (Å²) in [6.45, 7) is 10.7. The first-order valence-corrected chi connectivity index (χ1v) is 39.4. The van der Waals surface area contributed by atoms with Crippen LogP contribution in [0.1, 0.15) is 131 Å². The minimum atomic E-state index is -0.170. The normalized spacial score (nSPS) is 15.3. The van der Waals surface area contributed by atoms with E-state index in [9.17, 15) is 0 Å². The number of para-hydroxylation sites is 3. The number of fused-ring (bicyclic) bond motifs is 9. The number of benzene rings is 9. The molecular formula is C99H89N12Pd3-9. The molecule has 12 nitrogen and oxygen atoms in total. The summed E-state index contributed by atoms with van der Waals surface area (Å²) >= 11 is 0. The number of nitrogens with zero attached hydrogens (tertiary/aromatic N) is 12. The zero-order chi connectivity index (χ0) is 75.1. The van der Waals surface area contributed by atoms with Gasteiger partial charge in [-0.1, -0.05) is 165 Å². The second kappa shape index (κ2) is 34.1. The summed E-state index contributed by atoms with van der Waals surface area (Å²) in [6, 6.07) is 101. The van der Waals surface area contributed by atoms with Gasteiger partial charge < -0.3 is 43.1 Å². The zero-order valence-corrected chi connectivity index (χ0v) is 69.4. The van der Waals surface area contributed by atoms with E-state index in [4.69, 9.17) is 15.0 Å². The van der Waals surface area contributed by atoms with E-state index < -0.39 is 0 Å². The third kappa shape index (κ3) is 14.7. The second-order valence-corrected chi connectivity index (χ2v) is 30.3. The average Bonchev–Trinajstić information content (AvgIpc) is 1.51. The van der Waals surface area contributed by atoms with Crippen LogP contribution in [0, 0.1) is 56.4 Å². The van der Waals surface area contributed by atoms with Gasteiger partial charge in [0.25, 0.3) is 0 Å². The van der Waals surface area contributed by atoms with Crippen LogP contribution in [0.2, 0.25) is 0 Å². The van der Waals surface area contributed by atoms with Gasteiger partial charge in [-0.15, -0.1) is 105 Å². The van der Waals surface area contributed by atoms with E-state index in [2.05, 4.69) is 329 Å². The number of unbranched alkanes of at least 4 members (excludes halogenated alkanes) is 2. The molecule has 0 spiro atoms. The SMILES string of the molecule is CCCCC(CCCC)(c1[c-]c(-n2c3[c-]c(N4C=CN(C)[CH-]4)ccc3c3ccccc32)ccc1)c1ccccn1.CN1C=CN(c2[c-]c3c(cc2)c2ccccc2n3-c2[c-]c(C3(c4ccccn4)CCC3)ccc2)[CH-]1.CN1C=CN(c2[c-]c3c(cc2)c2ccccc2n3-c2[c-]c(C3(c4ccccn4)CCCC3)ccc2)[CH-]1.[Pd].[Pd].[Pd]. The predicted octanol–water partition coefficient (Wildman–Crippen LogP) is 22.4. The van der Waals surface area contributed by atoms with Crippen LogP contribution in [0.4, 0.5) is 17.1 Å². The van der Waals surface area contributed by atoms with E-state index in [1.54, 1.807) is 0 Å². The topological polar surface area (TPSA) is 72.9 Å². The van der Waals surface area contributed by atoms with E-state index in [0.717, 1.165) is 132 Å². The van der Waals surface area contributed by atoms with Crippen molar-refractivity contribution in [2.24, 2.45) is 0 Å². The van der Waals surface area contributed by atoms with Crippen molar-refractivity contribution in [2.45, 2.75) is 114 Å². The van der Waals surface area contributed by atoms with Gasteiger partial charge in [-0.3, -0.25) is 15.0 Å². The molecule has 20 rings (SSSR count). The van der Waals surface area contributed by atoms with Crippen LogP contribution in [0.15, 0.2) is 274 Å². The van der Waals surface area contributed by atoms with E-state index in [1.165, 1.54) is 84.8 Å². The molecule has 2 aliphatic carbocycles. The molecule has 2 fully saturated rings. The molecule has 0 amide bonds. The van der Waals surface area contributed by atoms with Crippen molar-refractivity contribution in [2.75, 3.05) is 35.8 Å². The van der Waals surface area contributed by atoms with Gasteiger partial charge in [0.2, 0.25) is 0 Å². The Morgan fingerprint density at radius 3 is 1.06 bits per heavy atom. The molecular weight excluding hydrogens is 1680 g/mol. The Morgan fingerprint density at radius 1 is 0.342 bits per heavy atom. The summed E-state index contributed by atoms with van der Waals surface area (Å²) in [5.41, 5.74) is 19.7. The minimum absolute atomic E-state index is 0. The number of hydrogen-bond acceptors (Lipinski definition) is 9. The molecule has 2 saturated carbocycles. The van der Waals surface area contributed by atoms with Crippen LogP contribution < -0.4 is 14.7 Å². The van der Waals surface area contributed by atoms with Crippen molar-refractivity contribution in [1.29, 1.82) is 0 Å². The Morgan fingerprint density at radius 2 is 0.711 bits per heavy atom. The average molecular weight is 1770 g/mol. The van der Waals surface area contributed by atoms with Crippen molar-refractivity contribution >= 4 is 82.5 Å². The quantitative estimate of drug-likeness (QED) is 0.0617. The molecule has 3 aliphatic heterocycles. The first kappa shape index (κ1) is 79.1. The van der Waals surface area contributed by atoms with Crippen molar-refractivity contribution < 1.29 is 61.3 Å². The maximum Gasteiger partial charge on any atom is 0.0488 e. The number of rotatable bonds is 18. The molecule has 0 radical (unpaired) electrons. The fraction of sp³-hybridized carbons (Fsp3) is 0.212. The van der Waals surface area contributed by atoms with Crippen molar-refractivity contribution in [3.05, 3.63) is 364 Å². The molecule has 9 aromatic carbocycles. The van der Waals surface area contributed by atoms with Crippen LogP contribution >= 0.6 is 0 Å². The van der Waals surface area contributed by atoms with Crippen LogP contribution in [-0.4, -0.2) is 64.5 Å². The zero-order valence-electron chi connectivity index (χ0n) is 64.7. The van der Waals surface area contributed by atoms with E-state index >= 15 is 0 Å². The molecule has 6 aromatic heterocycles. The fourth-order valence-corrected chi connectivity index (χ4v) is 17.7. The molecule has 114 heavy (non-hydrogen) atoms. The Labute approximate surface area is 712 Å². The molecule has 15 heteroatoms. The summed E-state index contributed by atoms with van der Waals surface area (Å²) in [5, 5.41) is 7.28. The summed E-state index contributed by atoms with van der Waals surface area (Å²) in [6.07, 6.45) is 32.9. The third-order valence-corrected chi connectivity index (χ3v) is 23.5. The van der Waals surface area contributed by atoms with Crippen LogP contribution in [0.5, 0.6) is 0 Å². The van der Waals surface area contributed by atoms with Gasteiger partial charge in [-0.2, -0.15) is 92.8 Å². The fourth-order valence-electron chi connectivity index (χ4n) is 17.7. The maximum absolute atomic E-state index is 4.94. The van der Waals surface area contributed by atoms with E-state index in [0.29, 0.717) is 0 Å². The molecule has 0 N–H and O–H groups in total. The van der Waals surface area contributed by atoms with Crippen LogP contribution in [0.25, 0.3) is 82.5 Å². The van der Waals surface area contributed by atoms with E-state index in [1.807, 2.05) is 80.1 Å². The van der Waals surface area contributed by atoms with Gasteiger partial charge in [0, 0.05) is 130 Å². The predicted molar refractivity (Wildman–Crippen MR) is 453 cm³/mol. The summed E-state index contributed by atoms with van der Waals surface area (Å²) in [4.78, 5) is 27.0. The number of hydrogen-bond donors (Lipinski definition) is 0. The molecule has 5 aliphatic rings. The first-order valence-electron chi connectivity index (χ1n) is 39.4. The van der Waals surface area contributed by atoms with Crippen molar-refractivity contribution in [1.82, 2.24) is 43.4 Å². The van der Waals surface area contributed by atoms with Gasteiger partial charge >= 0.3 is 0 Å². The molecule has 15 aromatic rings. The van der Waals surface area contributed by atoms with Gasteiger partial charge in [0.1, 0.15) is 0 Å². The van der Waals surface area contributed by atoms with Gasteiger partial charge in [0.15, 0.2) is 0 Å². The summed E-state index contributed by atoms with van der Waals surface area (Å²) < 4.78 is 6.97. The van der Waals surface area contributed by atoms with Crippen molar-refractivity contribution in [3.8, 4) is 17.1 Å². The molecule has 584 valence electrons. The molecule has 0 unspecified atom stereocenters. The smallest absolute Gasteiger partial charge is 0.0488 e.